The molecule has 150 valence electrons. The third-order valence-electron chi connectivity index (χ3n) is 5.06. The van der Waals surface area contributed by atoms with E-state index < -0.39 is 0 Å². The molecule has 1 unspecified atom stereocenters. The molecule has 0 aliphatic carbocycles. The highest BCUT2D eigenvalue weighted by Gasteiger charge is 2.26. The third kappa shape index (κ3) is 3.83. The molecule has 0 radical (unpaired) electrons. The number of carbonyl (C=O) groups excluding carboxylic acids is 1. The van der Waals surface area contributed by atoms with Crippen LogP contribution in [0.4, 0.5) is 5.69 Å². The lowest BCUT2D eigenvalue weighted by Gasteiger charge is -2.31. The maximum Gasteiger partial charge on any atom is 0.272 e. The Hall–Kier alpha value is -3.28. The molecule has 1 amide bonds. The highest BCUT2D eigenvalue weighted by molar-refractivity contribution is 6.00. The predicted molar refractivity (Wildman–Crippen MR) is 114 cm³/mol. The van der Waals surface area contributed by atoms with Crippen molar-refractivity contribution < 1.29 is 14.3 Å². The van der Waals surface area contributed by atoms with E-state index in [0.29, 0.717) is 31.1 Å². The van der Waals surface area contributed by atoms with Crippen molar-refractivity contribution in [1.82, 2.24) is 9.88 Å². The van der Waals surface area contributed by atoms with Crippen molar-refractivity contribution >= 4 is 22.5 Å². The van der Waals surface area contributed by atoms with Crippen molar-refractivity contribution in [1.29, 1.82) is 0 Å². The van der Waals surface area contributed by atoms with Crippen molar-refractivity contribution in [2.75, 3.05) is 38.7 Å². The van der Waals surface area contributed by atoms with E-state index in [4.69, 9.17) is 9.47 Å². The first-order valence-corrected chi connectivity index (χ1v) is 9.81. The van der Waals surface area contributed by atoms with Gasteiger partial charge in [-0.15, -0.1) is 0 Å². The van der Waals surface area contributed by atoms with Crippen LogP contribution in [0, 0.1) is 0 Å². The fourth-order valence-corrected chi connectivity index (χ4v) is 3.55. The number of nitrogens with zero attached hydrogens (tertiary/aromatic N) is 3. The number of rotatable bonds is 5. The summed E-state index contributed by atoms with van der Waals surface area (Å²) in [6, 6.07) is 17.3. The molecule has 1 aliphatic rings. The molecule has 1 aliphatic heterocycles. The Balaban J connectivity index is 1.58. The first kappa shape index (κ1) is 19.1. The summed E-state index contributed by atoms with van der Waals surface area (Å²) in [5.74, 6) is 1.35. The standard InChI is InChI=1S/C23H25N3O3/c1-4-26(14-16-15-28-21-11-7-8-12-22(21)29-16)23(27)19-13-20(25(2)3)17-9-5-6-10-18(17)24-19/h5-13,16H,4,14-15H2,1-3H3. The lowest BCUT2D eigenvalue weighted by atomic mass is 10.1. The largest absolute Gasteiger partial charge is 0.486 e. The molecule has 2 aromatic carbocycles. The number of pyridine rings is 1. The Labute approximate surface area is 170 Å². The SMILES string of the molecule is CCN(CC1COc2ccccc2O1)C(=O)c1cc(N(C)C)c2ccccc2n1. The molecule has 29 heavy (non-hydrogen) atoms. The average Bonchev–Trinajstić information content (AvgIpc) is 2.76. The summed E-state index contributed by atoms with van der Waals surface area (Å²) in [5.41, 5.74) is 2.22. The number of likely N-dealkylation sites (N-methyl/N-ethyl adjacent to an activating group) is 1. The van der Waals surface area contributed by atoms with Crippen LogP contribution in [0.2, 0.25) is 0 Å². The summed E-state index contributed by atoms with van der Waals surface area (Å²) < 4.78 is 11.8. The zero-order valence-corrected chi connectivity index (χ0v) is 17.0. The molecule has 2 heterocycles. The summed E-state index contributed by atoms with van der Waals surface area (Å²) in [6.45, 7) is 3.37. The molecule has 0 spiro atoms. The van der Waals surface area contributed by atoms with Crippen LogP contribution in [0.5, 0.6) is 11.5 Å². The number of carbonyl (C=O) groups is 1. The van der Waals surface area contributed by atoms with Crippen LogP contribution in [0.25, 0.3) is 10.9 Å². The summed E-state index contributed by atoms with van der Waals surface area (Å²) in [6.07, 6.45) is -0.220. The van der Waals surface area contributed by atoms with Crippen LogP contribution >= 0.6 is 0 Å². The van der Waals surface area contributed by atoms with Gasteiger partial charge in [0.25, 0.3) is 5.91 Å². The van der Waals surface area contributed by atoms with Crippen molar-refractivity contribution in [2.24, 2.45) is 0 Å². The Morgan fingerprint density at radius 2 is 1.83 bits per heavy atom. The van der Waals surface area contributed by atoms with Crippen LogP contribution in [0.15, 0.2) is 54.6 Å². The molecular formula is C23H25N3O3. The van der Waals surface area contributed by atoms with Crippen molar-refractivity contribution in [3.8, 4) is 11.5 Å². The number of hydrogen-bond donors (Lipinski definition) is 0. The molecule has 0 bridgehead atoms. The molecule has 0 fully saturated rings. The lowest BCUT2D eigenvalue weighted by Crippen LogP contribution is -2.43. The van der Waals surface area contributed by atoms with E-state index in [9.17, 15) is 4.79 Å². The summed E-state index contributed by atoms with van der Waals surface area (Å²) in [7, 11) is 3.94. The minimum absolute atomic E-state index is 0.108. The quantitative estimate of drug-likeness (QED) is 0.665. The van der Waals surface area contributed by atoms with Gasteiger partial charge in [-0.3, -0.25) is 4.79 Å². The second-order valence-corrected chi connectivity index (χ2v) is 7.28. The molecule has 0 N–H and O–H groups in total. The van der Waals surface area contributed by atoms with E-state index in [0.717, 1.165) is 22.3 Å². The van der Waals surface area contributed by atoms with E-state index >= 15 is 0 Å². The topological polar surface area (TPSA) is 54.9 Å². The number of anilines is 1. The monoisotopic (exact) mass is 391 g/mol. The second kappa shape index (κ2) is 7.99. The van der Waals surface area contributed by atoms with Crippen molar-refractivity contribution in [3.05, 3.63) is 60.3 Å². The van der Waals surface area contributed by atoms with Gasteiger partial charge < -0.3 is 19.3 Å². The smallest absolute Gasteiger partial charge is 0.272 e. The second-order valence-electron chi connectivity index (χ2n) is 7.28. The molecule has 1 aromatic heterocycles. The van der Waals surface area contributed by atoms with Gasteiger partial charge >= 0.3 is 0 Å². The number of para-hydroxylation sites is 3. The molecule has 1 atom stereocenters. The Morgan fingerprint density at radius 3 is 2.59 bits per heavy atom. The molecule has 6 nitrogen and oxygen atoms in total. The van der Waals surface area contributed by atoms with Gasteiger partial charge in [0, 0.05) is 31.7 Å². The van der Waals surface area contributed by atoms with Crippen molar-refractivity contribution in [3.63, 3.8) is 0 Å². The van der Waals surface area contributed by atoms with Crippen LogP contribution in [-0.2, 0) is 0 Å². The summed E-state index contributed by atoms with van der Waals surface area (Å²) in [5, 5.41) is 1.03. The van der Waals surface area contributed by atoms with E-state index in [-0.39, 0.29) is 12.0 Å². The number of benzene rings is 2. The van der Waals surface area contributed by atoms with E-state index in [1.165, 1.54) is 0 Å². The molecule has 3 aromatic rings. The fourth-order valence-electron chi connectivity index (χ4n) is 3.55. The molecule has 4 rings (SSSR count). The summed E-state index contributed by atoms with van der Waals surface area (Å²) in [4.78, 5) is 21.7. The van der Waals surface area contributed by atoms with Gasteiger partial charge in [0.1, 0.15) is 12.3 Å². The highest BCUT2D eigenvalue weighted by Crippen LogP contribution is 2.31. The number of aromatic nitrogens is 1. The highest BCUT2D eigenvalue weighted by atomic mass is 16.6. The maximum absolute atomic E-state index is 13.3. The van der Waals surface area contributed by atoms with E-state index in [1.54, 1.807) is 4.90 Å². The zero-order valence-electron chi connectivity index (χ0n) is 17.0. The van der Waals surface area contributed by atoms with Gasteiger partial charge in [-0.05, 0) is 31.2 Å². The Bertz CT molecular complexity index is 1030. The number of hydrogen-bond acceptors (Lipinski definition) is 5. The van der Waals surface area contributed by atoms with Gasteiger partial charge in [0.05, 0.1) is 12.1 Å². The van der Waals surface area contributed by atoms with Crippen molar-refractivity contribution in [2.45, 2.75) is 13.0 Å². The normalized spacial score (nSPS) is 15.2. The van der Waals surface area contributed by atoms with Crippen LogP contribution < -0.4 is 14.4 Å². The van der Waals surface area contributed by atoms with Crippen LogP contribution in [-0.4, -0.2) is 55.7 Å². The van der Waals surface area contributed by atoms with Crippen LogP contribution in [0.1, 0.15) is 17.4 Å². The lowest BCUT2D eigenvalue weighted by molar-refractivity contribution is 0.0471. The first-order valence-electron chi connectivity index (χ1n) is 9.81. The minimum Gasteiger partial charge on any atom is -0.486 e. The third-order valence-corrected chi connectivity index (χ3v) is 5.06. The number of fused-ring (bicyclic) bond motifs is 2. The summed E-state index contributed by atoms with van der Waals surface area (Å²) >= 11 is 0. The molecule has 0 saturated carbocycles. The van der Waals surface area contributed by atoms with Gasteiger partial charge in [-0.1, -0.05) is 30.3 Å². The number of amides is 1. The zero-order chi connectivity index (χ0) is 20.4. The van der Waals surface area contributed by atoms with E-state index in [2.05, 4.69) is 4.98 Å². The molecular weight excluding hydrogens is 366 g/mol. The Morgan fingerprint density at radius 1 is 1.10 bits per heavy atom. The van der Waals surface area contributed by atoms with Gasteiger partial charge in [-0.25, -0.2) is 4.98 Å². The predicted octanol–water partition coefficient (Wildman–Crippen LogP) is 3.60. The Kier molecular flexibility index (Phi) is 5.25. The molecule has 6 heteroatoms. The number of ether oxygens (including phenoxy) is 2. The maximum atomic E-state index is 13.3. The van der Waals surface area contributed by atoms with E-state index in [1.807, 2.05) is 80.5 Å². The van der Waals surface area contributed by atoms with Crippen LogP contribution in [0.3, 0.4) is 0 Å². The first-order chi connectivity index (χ1) is 14.1. The van der Waals surface area contributed by atoms with Gasteiger partial charge in [0.15, 0.2) is 17.6 Å². The van der Waals surface area contributed by atoms with Gasteiger partial charge in [-0.2, -0.15) is 0 Å². The average molecular weight is 391 g/mol. The van der Waals surface area contributed by atoms with Gasteiger partial charge in [0.2, 0.25) is 0 Å². The fraction of sp³-hybridized carbons (Fsp3) is 0.304. The molecule has 0 saturated heterocycles. The minimum atomic E-state index is -0.220.